The highest BCUT2D eigenvalue weighted by Crippen LogP contribution is 2.26. The van der Waals surface area contributed by atoms with Gasteiger partial charge >= 0.3 is 0 Å². The standard InChI is InChI=1S/C20H14Cl2N6O4/c21-15-4-2-1-3-13(15)19-25-24-17-7-8-18(26-27(17)19)32-10-9-23-20(29)14-6-5-12(28(30)31)11-16(14)22/h1-8,11H,9-10H2,(H,23,29). The van der Waals surface area contributed by atoms with Crippen molar-refractivity contribution in [3.8, 4) is 17.3 Å². The quantitative estimate of drug-likeness (QED) is 0.246. The van der Waals surface area contributed by atoms with Crippen molar-refractivity contribution in [3.05, 3.63) is 80.3 Å². The number of non-ortho nitro benzene ring substituents is 1. The van der Waals surface area contributed by atoms with Crippen molar-refractivity contribution in [1.82, 2.24) is 25.1 Å². The molecule has 10 nitrogen and oxygen atoms in total. The minimum absolute atomic E-state index is 0.00977. The van der Waals surface area contributed by atoms with Gasteiger partial charge in [0.1, 0.15) is 6.61 Å². The second-order valence-electron chi connectivity index (χ2n) is 6.47. The van der Waals surface area contributed by atoms with Crippen LogP contribution in [0.25, 0.3) is 17.0 Å². The minimum Gasteiger partial charge on any atom is -0.475 e. The van der Waals surface area contributed by atoms with Gasteiger partial charge in [0, 0.05) is 23.8 Å². The fourth-order valence-electron chi connectivity index (χ4n) is 2.88. The van der Waals surface area contributed by atoms with Gasteiger partial charge in [0.2, 0.25) is 5.88 Å². The minimum atomic E-state index is -0.585. The van der Waals surface area contributed by atoms with Crippen LogP contribution in [0.1, 0.15) is 10.4 Å². The van der Waals surface area contributed by atoms with Crippen LogP contribution in [-0.2, 0) is 0 Å². The summed E-state index contributed by atoms with van der Waals surface area (Å²) in [4.78, 5) is 22.4. The Morgan fingerprint density at radius 2 is 1.91 bits per heavy atom. The molecular formula is C20H14Cl2N6O4. The van der Waals surface area contributed by atoms with Gasteiger partial charge in [-0.15, -0.1) is 15.3 Å². The maximum atomic E-state index is 12.3. The maximum Gasteiger partial charge on any atom is 0.270 e. The summed E-state index contributed by atoms with van der Waals surface area (Å²) >= 11 is 12.2. The molecule has 2 heterocycles. The number of carbonyl (C=O) groups excluding carboxylic acids is 1. The fraction of sp³-hybridized carbons (Fsp3) is 0.100. The number of nitro groups is 1. The van der Waals surface area contributed by atoms with Crippen LogP contribution in [0, 0.1) is 10.1 Å². The molecule has 2 aromatic heterocycles. The molecule has 12 heteroatoms. The zero-order valence-corrected chi connectivity index (χ0v) is 17.7. The molecular weight excluding hydrogens is 459 g/mol. The summed E-state index contributed by atoms with van der Waals surface area (Å²) in [7, 11) is 0. The first-order valence-corrected chi connectivity index (χ1v) is 10.0. The van der Waals surface area contributed by atoms with Gasteiger partial charge in [0.15, 0.2) is 11.5 Å². The van der Waals surface area contributed by atoms with E-state index in [1.165, 1.54) is 16.6 Å². The third kappa shape index (κ3) is 4.46. The number of nitrogens with zero attached hydrogens (tertiary/aromatic N) is 5. The predicted octanol–water partition coefficient (Wildman–Crippen LogP) is 3.82. The number of rotatable bonds is 7. The number of fused-ring (bicyclic) bond motifs is 1. The highest BCUT2D eigenvalue weighted by Gasteiger charge is 2.15. The van der Waals surface area contributed by atoms with E-state index in [0.29, 0.717) is 27.9 Å². The molecule has 0 aliphatic rings. The molecule has 4 rings (SSSR count). The molecule has 4 aromatic rings. The smallest absolute Gasteiger partial charge is 0.270 e. The summed E-state index contributed by atoms with van der Waals surface area (Å²) in [5, 5.41) is 26.5. The average Bonchev–Trinajstić information content (AvgIpc) is 3.20. The molecule has 32 heavy (non-hydrogen) atoms. The largest absolute Gasteiger partial charge is 0.475 e. The van der Waals surface area contributed by atoms with Gasteiger partial charge in [-0.3, -0.25) is 14.9 Å². The summed E-state index contributed by atoms with van der Waals surface area (Å²) in [5.41, 5.74) is 1.14. The number of nitrogens with one attached hydrogen (secondary N) is 1. The first-order chi connectivity index (χ1) is 15.4. The summed E-state index contributed by atoms with van der Waals surface area (Å²) in [6, 6.07) is 14.2. The first kappa shape index (κ1) is 21.5. The highest BCUT2D eigenvalue weighted by molar-refractivity contribution is 6.34. The molecule has 0 bridgehead atoms. The van der Waals surface area contributed by atoms with E-state index in [2.05, 4.69) is 20.6 Å². The van der Waals surface area contributed by atoms with Gasteiger partial charge in [-0.1, -0.05) is 35.3 Å². The second-order valence-corrected chi connectivity index (χ2v) is 7.29. The van der Waals surface area contributed by atoms with E-state index in [4.69, 9.17) is 27.9 Å². The molecule has 2 aromatic carbocycles. The van der Waals surface area contributed by atoms with Crippen molar-refractivity contribution >= 4 is 40.4 Å². The number of aromatic nitrogens is 4. The lowest BCUT2D eigenvalue weighted by molar-refractivity contribution is -0.384. The Balaban J connectivity index is 1.40. The van der Waals surface area contributed by atoms with Gasteiger partial charge in [0.25, 0.3) is 11.6 Å². The van der Waals surface area contributed by atoms with Crippen LogP contribution in [0.15, 0.2) is 54.6 Å². The molecule has 0 unspecified atom stereocenters. The number of amides is 1. The van der Waals surface area contributed by atoms with E-state index in [1.807, 2.05) is 18.2 Å². The third-order valence-corrected chi connectivity index (χ3v) is 5.04. The Morgan fingerprint density at radius 1 is 1.09 bits per heavy atom. The van der Waals surface area contributed by atoms with Crippen LogP contribution in [0.4, 0.5) is 5.69 Å². The van der Waals surface area contributed by atoms with E-state index < -0.39 is 10.8 Å². The average molecular weight is 473 g/mol. The Morgan fingerprint density at radius 3 is 2.66 bits per heavy atom. The van der Waals surface area contributed by atoms with E-state index >= 15 is 0 Å². The molecule has 0 radical (unpaired) electrons. The SMILES string of the molecule is O=C(NCCOc1ccc2nnc(-c3ccccc3Cl)n2n1)c1ccc([N+](=O)[O-])cc1Cl. The van der Waals surface area contributed by atoms with Gasteiger partial charge in [0.05, 0.1) is 27.1 Å². The van der Waals surface area contributed by atoms with Crippen LogP contribution < -0.4 is 10.1 Å². The van der Waals surface area contributed by atoms with Gasteiger partial charge < -0.3 is 10.1 Å². The van der Waals surface area contributed by atoms with Crippen LogP contribution in [0.3, 0.4) is 0 Å². The number of nitro benzene ring substituents is 1. The monoisotopic (exact) mass is 472 g/mol. The van der Waals surface area contributed by atoms with E-state index in [1.54, 1.807) is 18.2 Å². The number of hydrogen-bond donors (Lipinski definition) is 1. The Hall–Kier alpha value is -3.76. The van der Waals surface area contributed by atoms with Crippen molar-refractivity contribution in [2.45, 2.75) is 0 Å². The molecule has 0 fully saturated rings. The van der Waals surface area contributed by atoms with E-state index in [0.717, 1.165) is 6.07 Å². The van der Waals surface area contributed by atoms with Crippen molar-refractivity contribution in [3.63, 3.8) is 0 Å². The third-order valence-electron chi connectivity index (χ3n) is 4.40. The van der Waals surface area contributed by atoms with Crippen molar-refractivity contribution in [1.29, 1.82) is 0 Å². The highest BCUT2D eigenvalue weighted by atomic mass is 35.5. The van der Waals surface area contributed by atoms with Gasteiger partial charge in [-0.05, 0) is 24.3 Å². The molecule has 1 amide bonds. The normalized spacial score (nSPS) is 10.8. The Kier molecular flexibility index (Phi) is 6.15. The topological polar surface area (TPSA) is 125 Å². The van der Waals surface area contributed by atoms with Crippen LogP contribution >= 0.6 is 23.2 Å². The maximum absolute atomic E-state index is 12.3. The summed E-state index contributed by atoms with van der Waals surface area (Å²) < 4.78 is 7.13. The summed E-state index contributed by atoms with van der Waals surface area (Å²) in [6.07, 6.45) is 0. The Labute approximate surface area is 190 Å². The van der Waals surface area contributed by atoms with Crippen LogP contribution in [0.2, 0.25) is 10.0 Å². The van der Waals surface area contributed by atoms with E-state index in [-0.39, 0.29) is 29.4 Å². The second kappa shape index (κ2) is 9.16. The lowest BCUT2D eigenvalue weighted by Gasteiger charge is -2.09. The number of carbonyl (C=O) groups is 1. The number of ether oxygens (including phenoxy) is 1. The number of halogens is 2. The van der Waals surface area contributed by atoms with Gasteiger partial charge in [-0.2, -0.15) is 4.52 Å². The molecule has 1 N–H and O–H groups in total. The molecule has 0 saturated carbocycles. The zero-order chi connectivity index (χ0) is 22.7. The molecule has 0 aliphatic carbocycles. The molecule has 0 spiro atoms. The Bertz CT molecular complexity index is 1330. The number of hydrogen-bond acceptors (Lipinski definition) is 7. The molecule has 0 aliphatic heterocycles. The van der Waals surface area contributed by atoms with Crippen molar-refractivity contribution in [2.75, 3.05) is 13.2 Å². The summed E-state index contributed by atoms with van der Waals surface area (Å²) in [6.45, 7) is 0.282. The van der Waals surface area contributed by atoms with Crippen LogP contribution in [0.5, 0.6) is 5.88 Å². The summed E-state index contributed by atoms with van der Waals surface area (Å²) in [5.74, 6) is 0.294. The molecule has 162 valence electrons. The van der Waals surface area contributed by atoms with Crippen molar-refractivity contribution in [2.24, 2.45) is 0 Å². The molecule has 0 saturated heterocycles. The number of benzene rings is 2. The zero-order valence-electron chi connectivity index (χ0n) is 16.2. The van der Waals surface area contributed by atoms with Crippen LogP contribution in [-0.4, -0.2) is 43.8 Å². The van der Waals surface area contributed by atoms with Gasteiger partial charge in [-0.25, -0.2) is 0 Å². The first-order valence-electron chi connectivity index (χ1n) is 9.26. The fourth-order valence-corrected chi connectivity index (χ4v) is 3.36. The predicted molar refractivity (Wildman–Crippen MR) is 117 cm³/mol. The molecule has 0 atom stereocenters. The van der Waals surface area contributed by atoms with Crippen molar-refractivity contribution < 1.29 is 14.5 Å². The lowest BCUT2D eigenvalue weighted by atomic mass is 10.2. The van der Waals surface area contributed by atoms with E-state index in [9.17, 15) is 14.9 Å². The lowest BCUT2D eigenvalue weighted by Crippen LogP contribution is -2.28.